The van der Waals surface area contributed by atoms with Gasteiger partial charge in [0.15, 0.2) is 0 Å². The molecule has 3 fully saturated rings. The topological polar surface area (TPSA) is 0 Å². The summed E-state index contributed by atoms with van der Waals surface area (Å²) in [5.41, 5.74) is 0. The second-order valence-electron chi connectivity index (χ2n) is 12.7. The first-order chi connectivity index (χ1) is 14.5. The van der Waals surface area contributed by atoms with Gasteiger partial charge < -0.3 is 0 Å². The summed E-state index contributed by atoms with van der Waals surface area (Å²) in [5, 5.41) is 0. The first kappa shape index (κ1) is 24.6. The SMILES string of the molecule is CCC(C)C1CCC(C(CC(C)C2CCCCC2)CC(C)C2CCC(C)CC2)CC1. The van der Waals surface area contributed by atoms with Gasteiger partial charge in [-0.3, -0.25) is 0 Å². The van der Waals surface area contributed by atoms with Crippen molar-refractivity contribution in [1.82, 2.24) is 0 Å². The molecule has 3 aliphatic carbocycles. The van der Waals surface area contributed by atoms with Crippen molar-refractivity contribution in [1.29, 1.82) is 0 Å². The molecule has 0 spiro atoms. The summed E-state index contributed by atoms with van der Waals surface area (Å²) in [6.45, 7) is 12.7. The Bertz CT molecular complexity index is 445. The Morgan fingerprint density at radius 1 is 0.533 bits per heavy atom. The molecule has 0 heteroatoms. The van der Waals surface area contributed by atoms with Gasteiger partial charge in [0.2, 0.25) is 0 Å². The van der Waals surface area contributed by atoms with E-state index in [0.717, 1.165) is 53.3 Å². The summed E-state index contributed by atoms with van der Waals surface area (Å²) >= 11 is 0. The maximum atomic E-state index is 2.64. The van der Waals surface area contributed by atoms with Gasteiger partial charge in [-0.25, -0.2) is 0 Å². The molecule has 0 aromatic heterocycles. The second-order valence-corrected chi connectivity index (χ2v) is 12.7. The Morgan fingerprint density at radius 3 is 1.50 bits per heavy atom. The van der Waals surface area contributed by atoms with Crippen LogP contribution in [-0.2, 0) is 0 Å². The van der Waals surface area contributed by atoms with Gasteiger partial charge >= 0.3 is 0 Å². The van der Waals surface area contributed by atoms with Crippen LogP contribution in [0.25, 0.3) is 0 Å². The molecule has 3 saturated carbocycles. The van der Waals surface area contributed by atoms with Crippen LogP contribution in [0, 0.1) is 53.3 Å². The normalized spacial score (nSPS) is 35.5. The molecular weight excluding hydrogens is 360 g/mol. The third kappa shape index (κ3) is 7.00. The van der Waals surface area contributed by atoms with Crippen LogP contribution in [0.1, 0.15) is 137 Å². The van der Waals surface area contributed by atoms with E-state index in [0.29, 0.717) is 0 Å². The fourth-order valence-corrected chi connectivity index (χ4v) is 7.90. The molecule has 30 heavy (non-hydrogen) atoms. The zero-order chi connectivity index (χ0) is 21.5. The van der Waals surface area contributed by atoms with E-state index in [4.69, 9.17) is 0 Å². The maximum absolute atomic E-state index is 2.64. The highest BCUT2D eigenvalue weighted by Crippen LogP contribution is 2.45. The van der Waals surface area contributed by atoms with Crippen LogP contribution >= 0.6 is 0 Å². The van der Waals surface area contributed by atoms with Crippen molar-refractivity contribution in [2.45, 2.75) is 137 Å². The monoisotopic (exact) mass is 416 g/mol. The lowest BCUT2D eigenvalue weighted by Crippen LogP contribution is -2.30. The van der Waals surface area contributed by atoms with E-state index in [1.165, 1.54) is 77.0 Å². The van der Waals surface area contributed by atoms with Crippen molar-refractivity contribution in [3.8, 4) is 0 Å². The molecule has 4 atom stereocenters. The Kier molecular flexibility index (Phi) is 10.1. The molecule has 0 aromatic carbocycles. The molecule has 3 aliphatic rings. The summed E-state index contributed by atoms with van der Waals surface area (Å²) in [6, 6.07) is 0. The summed E-state index contributed by atoms with van der Waals surface area (Å²) in [7, 11) is 0. The highest BCUT2D eigenvalue weighted by molar-refractivity contribution is 4.85. The van der Waals surface area contributed by atoms with Crippen LogP contribution in [0.2, 0.25) is 0 Å². The van der Waals surface area contributed by atoms with Crippen LogP contribution in [0.15, 0.2) is 0 Å². The van der Waals surface area contributed by atoms with Gasteiger partial charge in [0, 0.05) is 0 Å². The predicted octanol–water partition coefficient (Wildman–Crippen LogP) is 9.91. The largest absolute Gasteiger partial charge is 0.0651 e. The van der Waals surface area contributed by atoms with E-state index in [-0.39, 0.29) is 0 Å². The summed E-state index contributed by atoms with van der Waals surface area (Å²) in [5.74, 6) is 9.05. The van der Waals surface area contributed by atoms with Crippen molar-refractivity contribution in [3.05, 3.63) is 0 Å². The fraction of sp³-hybridized carbons (Fsp3) is 1.00. The van der Waals surface area contributed by atoms with Crippen molar-refractivity contribution in [2.75, 3.05) is 0 Å². The van der Waals surface area contributed by atoms with Gasteiger partial charge in [0.25, 0.3) is 0 Å². The zero-order valence-corrected chi connectivity index (χ0v) is 21.5. The van der Waals surface area contributed by atoms with Gasteiger partial charge in [-0.05, 0) is 105 Å². The van der Waals surface area contributed by atoms with Crippen LogP contribution < -0.4 is 0 Å². The first-order valence-electron chi connectivity index (χ1n) is 14.5. The molecule has 176 valence electrons. The molecule has 0 radical (unpaired) electrons. The standard InChI is InChI=1S/C30H56/c1-6-23(3)27-16-18-29(19-17-27)30(20-24(4)26-10-8-7-9-11-26)21-25(5)28-14-12-22(2)13-15-28/h22-30H,6-21H2,1-5H3. The van der Waals surface area contributed by atoms with E-state index in [2.05, 4.69) is 34.6 Å². The lowest BCUT2D eigenvalue weighted by atomic mass is 9.65. The molecule has 0 N–H and O–H groups in total. The lowest BCUT2D eigenvalue weighted by molar-refractivity contribution is 0.102. The Morgan fingerprint density at radius 2 is 0.967 bits per heavy atom. The van der Waals surface area contributed by atoms with E-state index in [1.54, 1.807) is 25.7 Å². The van der Waals surface area contributed by atoms with E-state index >= 15 is 0 Å². The van der Waals surface area contributed by atoms with Crippen molar-refractivity contribution in [3.63, 3.8) is 0 Å². The number of hydrogen-bond acceptors (Lipinski definition) is 0. The molecule has 0 aliphatic heterocycles. The summed E-state index contributed by atoms with van der Waals surface area (Å²) < 4.78 is 0. The molecular formula is C30H56. The molecule has 4 unspecified atom stereocenters. The van der Waals surface area contributed by atoms with E-state index in [9.17, 15) is 0 Å². The summed E-state index contributed by atoms with van der Waals surface area (Å²) in [6.07, 6.45) is 24.3. The number of rotatable bonds is 9. The zero-order valence-electron chi connectivity index (χ0n) is 21.5. The fourth-order valence-electron chi connectivity index (χ4n) is 7.90. The molecule has 3 rings (SSSR count). The predicted molar refractivity (Wildman–Crippen MR) is 134 cm³/mol. The van der Waals surface area contributed by atoms with Gasteiger partial charge in [-0.15, -0.1) is 0 Å². The molecule has 0 aromatic rings. The average molecular weight is 417 g/mol. The van der Waals surface area contributed by atoms with Crippen LogP contribution in [0.3, 0.4) is 0 Å². The van der Waals surface area contributed by atoms with E-state index < -0.39 is 0 Å². The van der Waals surface area contributed by atoms with Crippen molar-refractivity contribution >= 4 is 0 Å². The maximum Gasteiger partial charge on any atom is -0.0381 e. The minimum Gasteiger partial charge on any atom is -0.0651 e. The average Bonchev–Trinajstić information content (AvgIpc) is 2.79. The molecule has 0 amide bonds. The summed E-state index contributed by atoms with van der Waals surface area (Å²) in [4.78, 5) is 0. The Balaban J connectivity index is 1.59. The third-order valence-corrected chi connectivity index (χ3v) is 10.6. The highest BCUT2D eigenvalue weighted by Gasteiger charge is 2.34. The Hall–Kier alpha value is 0. The first-order valence-corrected chi connectivity index (χ1v) is 14.5. The minimum absolute atomic E-state index is 0.953. The second kappa shape index (κ2) is 12.3. The third-order valence-electron chi connectivity index (χ3n) is 10.6. The van der Waals surface area contributed by atoms with Crippen molar-refractivity contribution < 1.29 is 0 Å². The molecule has 0 saturated heterocycles. The number of hydrogen-bond donors (Lipinski definition) is 0. The van der Waals surface area contributed by atoms with Crippen molar-refractivity contribution in [2.24, 2.45) is 53.3 Å². The van der Waals surface area contributed by atoms with Gasteiger partial charge in [-0.1, -0.05) is 86.0 Å². The van der Waals surface area contributed by atoms with Crippen LogP contribution in [0.5, 0.6) is 0 Å². The molecule has 0 nitrogen and oxygen atoms in total. The lowest BCUT2D eigenvalue weighted by Gasteiger charge is -2.41. The van der Waals surface area contributed by atoms with Gasteiger partial charge in [0.1, 0.15) is 0 Å². The van der Waals surface area contributed by atoms with Gasteiger partial charge in [-0.2, -0.15) is 0 Å². The quantitative estimate of drug-likeness (QED) is 0.350. The van der Waals surface area contributed by atoms with Gasteiger partial charge in [0.05, 0.1) is 0 Å². The molecule has 0 bridgehead atoms. The van der Waals surface area contributed by atoms with Crippen LogP contribution in [0.4, 0.5) is 0 Å². The molecule has 0 heterocycles. The smallest absolute Gasteiger partial charge is 0.0381 e. The van der Waals surface area contributed by atoms with E-state index in [1.807, 2.05) is 0 Å². The highest BCUT2D eigenvalue weighted by atomic mass is 14.4. The Labute approximate surface area is 190 Å². The minimum atomic E-state index is 0.953. The van der Waals surface area contributed by atoms with Crippen LogP contribution in [-0.4, -0.2) is 0 Å².